The third-order valence-corrected chi connectivity index (χ3v) is 4.16. The van der Waals surface area contributed by atoms with Gasteiger partial charge in [0.15, 0.2) is 0 Å². The molecular weight excluding hydrogens is 396 g/mol. The number of halogens is 3. The van der Waals surface area contributed by atoms with Crippen LogP contribution in [-0.4, -0.2) is 17.1 Å². The Morgan fingerprint density at radius 1 is 1.40 bits per heavy atom. The Labute approximate surface area is 134 Å². The molecule has 7 heteroatoms. The number of anilines is 1. The molecule has 4 nitrogen and oxygen atoms in total. The number of hydrogen-bond acceptors (Lipinski definition) is 4. The molecule has 2 N–H and O–H groups in total. The van der Waals surface area contributed by atoms with Crippen LogP contribution in [0.25, 0.3) is 0 Å². The molecule has 0 saturated carbocycles. The first-order chi connectivity index (χ1) is 9.51. The van der Waals surface area contributed by atoms with Gasteiger partial charge in [-0.05, 0) is 40.3 Å². The van der Waals surface area contributed by atoms with Gasteiger partial charge in [0.25, 0.3) is 0 Å². The Bertz CT molecular complexity index is 639. The smallest absolute Gasteiger partial charge is 0.141 e. The van der Waals surface area contributed by atoms with E-state index in [0.717, 1.165) is 14.8 Å². The molecule has 0 unspecified atom stereocenters. The highest BCUT2D eigenvalue weighted by atomic mass is 127. The van der Waals surface area contributed by atoms with E-state index in [1.807, 2.05) is 0 Å². The van der Waals surface area contributed by atoms with Crippen LogP contribution in [0.4, 0.5) is 10.2 Å². The van der Waals surface area contributed by atoms with Crippen molar-refractivity contribution in [2.75, 3.05) is 12.8 Å². The molecule has 0 radical (unpaired) electrons. The molecule has 2 aromatic rings. The molecule has 0 aliphatic heterocycles. The standard InChI is InChI=1S/C13H12ClFIN3O/c1-20-6-10-12(16)13(17)19-11(18-10)4-7-2-3-8(15)5-9(7)14/h2-3,5H,4,6H2,1H3,(H2,17,18,19). The molecule has 106 valence electrons. The summed E-state index contributed by atoms with van der Waals surface area (Å²) in [5.74, 6) is 0.561. The summed E-state index contributed by atoms with van der Waals surface area (Å²) in [5.41, 5.74) is 7.34. The molecule has 1 heterocycles. The number of nitrogens with zero attached hydrogens (tertiary/aromatic N) is 2. The van der Waals surface area contributed by atoms with Gasteiger partial charge in [-0.1, -0.05) is 17.7 Å². The number of benzene rings is 1. The maximum Gasteiger partial charge on any atom is 0.141 e. The van der Waals surface area contributed by atoms with Crippen molar-refractivity contribution >= 4 is 40.0 Å². The largest absolute Gasteiger partial charge is 0.383 e. The van der Waals surface area contributed by atoms with Crippen LogP contribution in [-0.2, 0) is 17.8 Å². The molecule has 0 fully saturated rings. The van der Waals surface area contributed by atoms with Gasteiger partial charge in [-0.3, -0.25) is 0 Å². The van der Waals surface area contributed by atoms with Gasteiger partial charge in [0.2, 0.25) is 0 Å². The zero-order valence-corrected chi connectivity index (χ0v) is 13.6. The monoisotopic (exact) mass is 407 g/mol. The molecule has 1 aromatic carbocycles. The molecule has 1 aromatic heterocycles. The van der Waals surface area contributed by atoms with E-state index in [1.54, 1.807) is 13.2 Å². The molecule has 0 atom stereocenters. The summed E-state index contributed by atoms with van der Waals surface area (Å²) in [6, 6.07) is 4.24. The van der Waals surface area contributed by atoms with Crippen LogP contribution in [0.5, 0.6) is 0 Å². The van der Waals surface area contributed by atoms with Crippen LogP contribution in [0.2, 0.25) is 5.02 Å². The van der Waals surface area contributed by atoms with E-state index < -0.39 is 0 Å². The predicted octanol–water partition coefficient (Wildman–Crippen LogP) is 3.19. The summed E-state index contributed by atoms with van der Waals surface area (Å²) >= 11 is 8.08. The highest BCUT2D eigenvalue weighted by molar-refractivity contribution is 14.1. The summed E-state index contributed by atoms with van der Waals surface area (Å²) in [5, 5.41) is 0.346. The molecule has 0 spiro atoms. The molecule has 0 saturated heterocycles. The summed E-state index contributed by atoms with van der Waals surface area (Å²) in [7, 11) is 1.59. The van der Waals surface area contributed by atoms with E-state index in [1.165, 1.54) is 12.1 Å². The normalized spacial score (nSPS) is 10.8. The Hall–Kier alpha value is -0.990. The molecule has 0 bridgehead atoms. The zero-order valence-electron chi connectivity index (χ0n) is 10.7. The lowest BCUT2D eigenvalue weighted by Gasteiger charge is -2.09. The Balaban J connectivity index is 2.33. The number of nitrogens with two attached hydrogens (primary N) is 1. The lowest BCUT2D eigenvalue weighted by Crippen LogP contribution is -2.08. The average molecular weight is 408 g/mol. The first-order valence-electron chi connectivity index (χ1n) is 5.75. The first-order valence-corrected chi connectivity index (χ1v) is 7.20. The molecule has 20 heavy (non-hydrogen) atoms. The number of rotatable bonds is 4. The molecular formula is C13H12ClFIN3O. The maximum absolute atomic E-state index is 13.0. The number of methoxy groups -OCH3 is 1. The number of hydrogen-bond donors (Lipinski definition) is 1. The van der Waals surface area contributed by atoms with E-state index in [2.05, 4.69) is 32.6 Å². The second-order valence-corrected chi connectivity index (χ2v) is 5.62. The number of nitrogen functional groups attached to an aromatic ring is 1. The van der Waals surface area contributed by atoms with Crippen molar-refractivity contribution in [3.8, 4) is 0 Å². The number of aromatic nitrogens is 2. The van der Waals surface area contributed by atoms with Crippen molar-refractivity contribution in [1.82, 2.24) is 9.97 Å². The Kier molecular flexibility index (Phi) is 5.11. The SMILES string of the molecule is COCc1nc(Cc2ccc(F)cc2Cl)nc(N)c1I. The fourth-order valence-electron chi connectivity index (χ4n) is 1.71. The van der Waals surface area contributed by atoms with Gasteiger partial charge in [-0.15, -0.1) is 0 Å². The highest BCUT2D eigenvalue weighted by Gasteiger charge is 2.12. The van der Waals surface area contributed by atoms with Crippen LogP contribution >= 0.6 is 34.2 Å². The van der Waals surface area contributed by atoms with Crippen LogP contribution in [0.15, 0.2) is 18.2 Å². The topological polar surface area (TPSA) is 61.0 Å². The van der Waals surface area contributed by atoms with Gasteiger partial charge < -0.3 is 10.5 Å². The second-order valence-electron chi connectivity index (χ2n) is 4.13. The molecule has 0 aliphatic carbocycles. The summed E-state index contributed by atoms with van der Waals surface area (Å²) in [6.07, 6.45) is 0.386. The number of ether oxygens (including phenoxy) is 1. The summed E-state index contributed by atoms with van der Waals surface area (Å²) < 4.78 is 18.9. The maximum atomic E-state index is 13.0. The average Bonchev–Trinajstić information content (AvgIpc) is 2.39. The van der Waals surface area contributed by atoms with Crippen molar-refractivity contribution in [2.24, 2.45) is 0 Å². The first kappa shape index (κ1) is 15.4. The fraction of sp³-hybridized carbons (Fsp3) is 0.231. The van der Waals surface area contributed by atoms with Crippen molar-refractivity contribution < 1.29 is 9.13 Å². The van der Waals surface area contributed by atoms with E-state index in [0.29, 0.717) is 29.7 Å². The van der Waals surface area contributed by atoms with Crippen molar-refractivity contribution in [2.45, 2.75) is 13.0 Å². The molecule has 0 aliphatic rings. The molecule has 0 amide bonds. The minimum Gasteiger partial charge on any atom is -0.383 e. The van der Waals surface area contributed by atoms with Gasteiger partial charge in [0.05, 0.1) is 15.9 Å². The second kappa shape index (κ2) is 6.64. The van der Waals surface area contributed by atoms with E-state index in [9.17, 15) is 4.39 Å². The van der Waals surface area contributed by atoms with Crippen molar-refractivity contribution in [3.05, 3.63) is 49.7 Å². The minimum absolute atomic E-state index is 0.346. The van der Waals surface area contributed by atoms with E-state index in [4.69, 9.17) is 22.1 Å². The third-order valence-electron chi connectivity index (χ3n) is 2.64. The summed E-state index contributed by atoms with van der Waals surface area (Å²) in [6.45, 7) is 0.356. The van der Waals surface area contributed by atoms with Gasteiger partial charge in [-0.2, -0.15) is 0 Å². The minimum atomic E-state index is -0.373. The quantitative estimate of drug-likeness (QED) is 0.791. The zero-order chi connectivity index (χ0) is 14.7. The lowest BCUT2D eigenvalue weighted by molar-refractivity contribution is 0.180. The van der Waals surface area contributed by atoms with Crippen molar-refractivity contribution in [3.63, 3.8) is 0 Å². The highest BCUT2D eigenvalue weighted by Crippen LogP contribution is 2.22. The Morgan fingerprint density at radius 2 is 2.15 bits per heavy atom. The van der Waals surface area contributed by atoms with Crippen LogP contribution in [0.3, 0.4) is 0 Å². The van der Waals surface area contributed by atoms with Gasteiger partial charge in [0, 0.05) is 18.6 Å². The van der Waals surface area contributed by atoms with Crippen molar-refractivity contribution in [1.29, 1.82) is 0 Å². The third kappa shape index (κ3) is 3.56. The summed E-state index contributed by atoms with van der Waals surface area (Å²) in [4.78, 5) is 8.63. The molecule has 2 rings (SSSR count). The van der Waals surface area contributed by atoms with E-state index >= 15 is 0 Å². The lowest BCUT2D eigenvalue weighted by atomic mass is 10.1. The van der Waals surface area contributed by atoms with Crippen LogP contribution in [0, 0.1) is 9.39 Å². The Morgan fingerprint density at radius 3 is 2.80 bits per heavy atom. The fourth-order valence-corrected chi connectivity index (χ4v) is 2.34. The van der Waals surface area contributed by atoms with Crippen LogP contribution in [0.1, 0.15) is 17.1 Å². The van der Waals surface area contributed by atoms with Gasteiger partial charge in [-0.25, -0.2) is 14.4 Å². The van der Waals surface area contributed by atoms with Crippen LogP contribution < -0.4 is 5.73 Å². The van der Waals surface area contributed by atoms with Gasteiger partial charge >= 0.3 is 0 Å². The predicted molar refractivity (Wildman–Crippen MR) is 84.1 cm³/mol. The van der Waals surface area contributed by atoms with Gasteiger partial charge in [0.1, 0.15) is 17.5 Å². The van der Waals surface area contributed by atoms with E-state index in [-0.39, 0.29) is 5.82 Å².